The van der Waals surface area contributed by atoms with Crippen LogP contribution in [0.5, 0.6) is 0 Å². The van der Waals surface area contributed by atoms with Crippen LogP contribution in [0.25, 0.3) is 0 Å². The molecule has 11 heteroatoms. The molecular formula is C21H21NO10. The Labute approximate surface area is 181 Å². The minimum atomic E-state index is -1.68. The van der Waals surface area contributed by atoms with Gasteiger partial charge in [0.1, 0.15) is 5.71 Å². The summed E-state index contributed by atoms with van der Waals surface area (Å²) in [4.78, 5) is 65.7. The summed E-state index contributed by atoms with van der Waals surface area (Å²) in [7, 11) is 3.39. The van der Waals surface area contributed by atoms with E-state index < -0.39 is 77.3 Å². The van der Waals surface area contributed by atoms with Crippen LogP contribution in [0.1, 0.15) is 0 Å². The Morgan fingerprint density at radius 1 is 0.844 bits per heavy atom. The lowest BCUT2D eigenvalue weighted by Gasteiger charge is -2.63. The number of nitrogens with zero attached hydrogens (tertiary/aromatic N) is 1. The van der Waals surface area contributed by atoms with Crippen LogP contribution in [0.2, 0.25) is 0 Å². The lowest BCUT2D eigenvalue weighted by Crippen LogP contribution is -2.65. The van der Waals surface area contributed by atoms with E-state index in [1.165, 1.54) is 0 Å². The highest BCUT2D eigenvalue weighted by molar-refractivity contribution is 6.39. The van der Waals surface area contributed by atoms with Gasteiger partial charge in [-0.1, -0.05) is 12.2 Å². The largest absolute Gasteiger partial charge is 0.481 e. The van der Waals surface area contributed by atoms with Crippen molar-refractivity contribution in [1.82, 2.24) is 0 Å². The van der Waals surface area contributed by atoms with E-state index in [-0.39, 0.29) is 11.3 Å². The molecule has 0 radical (unpaired) electrons. The fourth-order valence-electron chi connectivity index (χ4n) is 6.00. The SMILES string of the molecule is COC(=O)C1=NC(C(=O)O)C(C(=O)OC)=C2C1C1C3C=CC(C(C(=O)OC)C3C(=O)O)C21. The van der Waals surface area contributed by atoms with Gasteiger partial charge in [0.2, 0.25) is 0 Å². The molecule has 2 bridgehead atoms. The average molecular weight is 447 g/mol. The Kier molecular flexibility index (Phi) is 5.14. The number of esters is 3. The molecule has 5 aliphatic rings. The van der Waals surface area contributed by atoms with Crippen molar-refractivity contribution in [2.75, 3.05) is 21.3 Å². The van der Waals surface area contributed by atoms with E-state index in [4.69, 9.17) is 14.2 Å². The van der Waals surface area contributed by atoms with Gasteiger partial charge in [0.25, 0.3) is 0 Å². The standard InChI is InChI=1S/C21H21NO10/c1-30-19(27)11-7-5-4-6(10(11)17(23)24)9-8(7)12-13(9)16(21(29)32-3)22-15(18(25)26)14(12)20(28)31-2/h4-11,13,15H,1-3H3,(H,23,24)(H,25,26). The van der Waals surface area contributed by atoms with E-state index in [9.17, 15) is 34.2 Å². The monoisotopic (exact) mass is 447 g/mol. The summed E-state index contributed by atoms with van der Waals surface area (Å²) in [6, 6.07) is -1.68. The van der Waals surface area contributed by atoms with Crippen LogP contribution in [0.3, 0.4) is 0 Å². The average Bonchev–Trinajstić information content (AvgIpc) is 2.77. The van der Waals surface area contributed by atoms with Crippen molar-refractivity contribution in [1.29, 1.82) is 0 Å². The van der Waals surface area contributed by atoms with Crippen LogP contribution in [-0.4, -0.2) is 73.1 Å². The molecule has 11 nitrogen and oxygen atoms in total. The number of carbonyl (C=O) groups excluding carboxylic acids is 3. The van der Waals surface area contributed by atoms with E-state index in [2.05, 4.69) is 4.99 Å². The topological polar surface area (TPSA) is 166 Å². The Morgan fingerprint density at radius 3 is 2.00 bits per heavy atom. The van der Waals surface area contributed by atoms with Crippen molar-refractivity contribution in [3.63, 3.8) is 0 Å². The molecule has 0 aromatic carbocycles. The maximum Gasteiger partial charge on any atom is 0.352 e. The van der Waals surface area contributed by atoms with Crippen molar-refractivity contribution in [2.24, 2.45) is 46.4 Å². The number of carbonyl (C=O) groups is 5. The number of dihydropyridines is 1. The van der Waals surface area contributed by atoms with Crippen molar-refractivity contribution in [3.05, 3.63) is 23.3 Å². The first-order valence-electron chi connectivity index (χ1n) is 9.89. The molecule has 4 aliphatic carbocycles. The molecule has 2 fully saturated rings. The molecule has 8 unspecified atom stereocenters. The number of aliphatic imine (C=N–C) groups is 1. The van der Waals surface area contributed by atoms with Gasteiger partial charge in [-0.25, -0.2) is 14.4 Å². The number of rotatable bonds is 5. The number of hydrogen-bond acceptors (Lipinski definition) is 9. The third kappa shape index (κ3) is 2.73. The van der Waals surface area contributed by atoms with E-state index in [1.807, 2.05) is 0 Å². The maximum atomic E-state index is 12.6. The summed E-state index contributed by atoms with van der Waals surface area (Å²) >= 11 is 0. The van der Waals surface area contributed by atoms with Gasteiger partial charge in [0, 0.05) is 5.92 Å². The highest BCUT2D eigenvalue weighted by atomic mass is 16.5. The molecular weight excluding hydrogens is 426 g/mol. The number of allylic oxidation sites excluding steroid dienone is 3. The predicted molar refractivity (Wildman–Crippen MR) is 103 cm³/mol. The molecule has 5 rings (SSSR count). The van der Waals surface area contributed by atoms with E-state index in [1.54, 1.807) is 12.2 Å². The second kappa shape index (κ2) is 7.57. The second-order valence-corrected chi connectivity index (χ2v) is 8.14. The predicted octanol–water partition coefficient (Wildman–Crippen LogP) is -0.295. The molecule has 8 atom stereocenters. The van der Waals surface area contributed by atoms with Gasteiger partial charge in [-0.2, -0.15) is 0 Å². The van der Waals surface area contributed by atoms with Crippen molar-refractivity contribution >= 4 is 35.6 Å². The quantitative estimate of drug-likeness (QED) is 0.325. The van der Waals surface area contributed by atoms with Crippen LogP contribution < -0.4 is 0 Å². The summed E-state index contributed by atoms with van der Waals surface area (Å²) in [5, 5.41) is 19.6. The van der Waals surface area contributed by atoms with Gasteiger partial charge in [-0.05, 0) is 29.2 Å². The molecule has 0 spiro atoms. The third-order valence-electron chi connectivity index (χ3n) is 7.06. The summed E-state index contributed by atoms with van der Waals surface area (Å²) in [6.45, 7) is 0. The number of carboxylic acids is 2. The second-order valence-electron chi connectivity index (χ2n) is 8.14. The molecule has 1 aliphatic heterocycles. The summed E-state index contributed by atoms with van der Waals surface area (Å²) in [6.07, 6.45) is 3.42. The Morgan fingerprint density at radius 2 is 1.47 bits per heavy atom. The van der Waals surface area contributed by atoms with E-state index in [0.29, 0.717) is 5.57 Å². The summed E-state index contributed by atoms with van der Waals surface area (Å²) < 4.78 is 14.5. The van der Waals surface area contributed by atoms with Gasteiger partial charge in [-0.3, -0.25) is 14.6 Å². The molecule has 2 N–H and O–H groups in total. The summed E-state index contributed by atoms with van der Waals surface area (Å²) in [5.41, 5.74) is -0.0411. The van der Waals surface area contributed by atoms with Gasteiger partial charge >= 0.3 is 29.8 Å². The molecule has 0 aromatic rings. The Hall–Kier alpha value is -3.50. The number of methoxy groups -OCH3 is 3. The Bertz CT molecular complexity index is 1020. The number of fused-ring (bicyclic) bond motifs is 2. The molecule has 32 heavy (non-hydrogen) atoms. The van der Waals surface area contributed by atoms with Crippen LogP contribution in [0.15, 0.2) is 28.3 Å². The highest BCUT2D eigenvalue weighted by Crippen LogP contribution is 2.66. The lowest BCUT2D eigenvalue weighted by molar-refractivity contribution is -0.170. The molecule has 2 saturated carbocycles. The molecule has 170 valence electrons. The van der Waals surface area contributed by atoms with Crippen LogP contribution in [0, 0.1) is 41.4 Å². The third-order valence-corrected chi connectivity index (χ3v) is 7.06. The molecule has 0 amide bonds. The number of ether oxygens (including phenoxy) is 3. The number of hydrogen-bond donors (Lipinski definition) is 2. The zero-order valence-corrected chi connectivity index (χ0v) is 17.4. The van der Waals surface area contributed by atoms with E-state index in [0.717, 1.165) is 21.3 Å². The Balaban J connectivity index is 1.92. The van der Waals surface area contributed by atoms with Crippen molar-refractivity contribution in [2.45, 2.75) is 6.04 Å². The van der Waals surface area contributed by atoms with Crippen molar-refractivity contribution < 1.29 is 48.4 Å². The number of carboxylic acid groups (broad SMARTS) is 2. The highest BCUT2D eigenvalue weighted by Gasteiger charge is 2.68. The van der Waals surface area contributed by atoms with Gasteiger partial charge in [-0.15, -0.1) is 0 Å². The summed E-state index contributed by atoms with van der Waals surface area (Å²) in [5.74, 6) is -10.4. The first-order chi connectivity index (χ1) is 15.2. The molecule has 0 aromatic heterocycles. The smallest absolute Gasteiger partial charge is 0.352 e. The first kappa shape index (κ1) is 21.7. The number of aliphatic carboxylic acids is 2. The van der Waals surface area contributed by atoms with E-state index >= 15 is 0 Å². The fourth-order valence-corrected chi connectivity index (χ4v) is 6.00. The first-order valence-corrected chi connectivity index (χ1v) is 9.89. The fraction of sp³-hybridized carbons (Fsp3) is 0.524. The van der Waals surface area contributed by atoms with Gasteiger partial charge in [0.15, 0.2) is 6.04 Å². The zero-order valence-electron chi connectivity index (χ0n) is 17.4. The normalized spacial score (nSPS) is 36.2. The van der Waals surface area contributed by atoms with Crippen LogP contribution in [0.4, 0.5) is 0 Å². The minimum absolute atomic E-state index is 0.177. The van der Waals surface area contributed by atoms with Gasteiger partial charge < -0.3 is 24.4 Å². The van der Waals surface area contributed by atoms with Crippen LogP contribution >= 0.6 is 0 Å². The molecule has 1 heterocycles. The van der Waals surface area contributed by atoms with Crippen LogP contribution in [-0.2, 0) is 38.2 Å². The maximum absolute atomic E-state index is 12.6. The van der Waals surface area contributed by atoms with Crippen molar-refractivity contribution in [3.8, 4) is 0 Å². The minimum Gasteiger partial charge on any atom is -0.481 e. The lowest BCUT2D eigenvalue weighted by atomic mass is 9.39. The van der Waals surface area contributed by atoms with Gasteiger partial charge in [0.05, 0.1) is 38.7 Å². The zero-order chi connectivity index (χ0) is 23.5. The molecule has 0 saturated heterocycles.